The summed E-state index contributed by atoms with van der Waals surface area (Å²) in [5.41, 5.74) is 0. The first-order valence-electron chi connectivity index (χ1n) is 5.19. The van der Waals surface area contributed by atoms with Crippen LogP contribution in [0, 0.1) is 0 Å². The molecule has 0 amide bonds. The zero-order valence-corrected chi connectivity index (χ0v) is 13.7. The molecule has 1 saturated heterocycles. The van der Waals surface area contributed by atoms with Crippen molar-refractivity contribution in [2.45, 2.75) is 22.9 Å². The van der Waals surface area contributed by atoms with Crippen LogP contribution in [0.4, 0.5) is 0 Å². The third-order valence-electron chi connectivity index (χ3n) is 2.08. The van der Waals surface area contributed by atoms with E-state index >= 15 is 0 Å². The minimum absolute atomic E-state index is 0.244. The first kappa shape index (κ1) is 20.0. The number of rotatable bonds is 7. The highest BCUT2D eigenvalue weighted by atomic mass is 32.2. The van der Waals surface area contributed by atoms with E-state index in [-0.39, 0.29) is 11.6 Å². The molecule has 1 aliphatic heterocycles. The second kappa shape index (κ2) is 7.23. The summed E-state index contributed by atoms with van der Waals surface area (Å²) in [7, 11) is -10.2. The van der Waals surface area contributed by atoms with Crippen LogP contribution < -0.4 is 0 Å². The summed E-state index contributed by atoms with van der Waals surface area (Å²) in [6, 6.07) is 0. The average Bonchev–Trinajstić information content (AvgIpc) is 2.48. The molecule has 1 heterocycles. The molecule has 21 heavy (non-hydrogen) atoms. The van der Waals surface area contributed by atoms with E-state index in [0.29, 0.717) is 0 Å². The Labute approximate surface area is 125 Å². The van der Waals surface area contributed by atoms with E-state index in [1.165, 1.54) is 0 Å². The second-order valence-corrected chi connectivity index (χ2v) is 9.87. The minimum Gasteiger partial charge on any atom is -0.392 e. The molecule has 2 radical (unpaired) electrons. The third kappa shape index (κ3) is 7.85. The molecule has 0 aromatic heterocycles. The molecule has 0 aromatic carbocycles. The molecule has 1 unspecified atom stereocenters. The molecule has 6 N–H and O–H groups in total. The molecule has 11 nitrogen and oxygen atoms in total. The van der Waals surface area contributed by atoms with Crippen LogP contribution in [0.15, 0.2) is 0 Å². The van der Waals surface area contributed by atoms with Gasteiger partial charge in [0.25, 0.3) is 0 Å². The number of aliphatic hydroxyl groups is 1. The molecule has 16 heteroatoms. The van der Waals surface area contributed by atoms with Gasteiger partial charge >= 0.3 is 23.8 Å². The molecule has 1 fully saturated rings. The van der Waals surface area contributed by atoms with E-state index in [1.54, 1.807) is 0 Å². The molecule has 0 bridgehead atoms. The fourth-order valence-corrected chi connectivity index (χ4v) is 5.80. The maximum absolute atomic E-state index is 11.4. The highest BCUT2D eigenvalue weighted by Gasteiger charge is 2.55. The van der Waals surface area contributed by atoms with Crippen molar-refractivity contribution in [3.8, 4) is 0 Å². The van der Waals surface area contributed by atoms with Gasteiger partial charge in [-0.15, -0.1) is 0 Å². The molecule has 0 aliphatic carbocycles. The van der Waals surface area contributed by atoms with Crippen molar-refractivity contribution in [1.82, 2.24) is 0 Å². The summed E-state index contributed by atoms with van der Waals surface area (Å²) in [6.07, 6.45) is -0.646. The first-order valence-corrected chi connectivity index (χ1v) is 10.7. The summed E-state index contributed by atoms with van der Waals surface area (Å²) in [5, 5.41) is 8.51. The van der Waals surface area contributed by atoms with Crippen LogP contribution in [0.25, 0.3) is 0 Å². The summed E-state index contributed by atoms with van der Waals surface area (Å²) in [5.74, 6) is 0. The Morgan fingerprint density at radius 3 is 2.24 bits per heavy atom. The van der Waals surface area contributed by atoms with Gasteiger partial charge in [0.05, 0.1) is 25.8 Å². The van der Waals surface area contributed by atoms with Gasteiger partial charge in [-0.2, -0.15) is 21.5 Å². The van der Waals surface area contributed by atoms with Gasteiger partial charge in [-0.05, 0) is 20.2 Å². The molecule has 0 spiro atoms. The lowest BCUT2D eigenvalue weighted by Crippen LogP contribution is -2.22. The van der Waals surface area contributed by atoms with E-state index in [1.807, 2.05) is 0 Å². The van der Waals surface area contributed by atoms with Crippen molar-refractivity contribution in [3.63, 3.8) is 0 Å². The van der Waals surface area contributed by atoms with Crippen molar-refractivity contribution in [2.24, 2.45) is 0 Å². The Morgan fingerprint density at radius 1 is 1.24 bits per heavy atom. The van der Waals surface area contributed by atoms with Gasteiger partial charge in [0.1, 0.15) is 0 Å². The Balaban J connectivity index is 2.53. The molecule has 4 atom stereocenters. The zero-order chi connectivity index (χ0) is 16.5. The van der Waals surface area contributed by atoms with Crippen molar-refractivity contribution >= 4 is 43.4 Å². The van der Waals surface area contributed by atoms with Gasteiger partial charge in [-0.25, -0.2) is 9.13 Å². The van der Waals surface area contributed by atoms with Crippen molar-refractivity contribution < 1.29 is 51.8 Å². The minimum atomic E-state index is -5.35. The second-order valence-electron chi connectivity index (χ2n) is 3.92. The topological polar surface area (TPSA) is 183 Å². The predicted molar refractivity (Wildman–Crippen MR) is 72.9 cm³/mol. The smallest absolute Gasteiger partial charge is 0.392 e. The van der Waals surface area contributed by atoms with E-state index in [4.69, 9.17) is 27.4 Å². The Bertz CT molecular complexity index is 455. The van der Waals surface area contributed by atoms with Crippen LogP contribution in [-0.4, -0.2) is 60.5 Å². The Kier molecular flexibility index (Phi) is 6.88. The zero-order valence-electron chi connectivity index (χ0n) is 10.2. The molecular weight excluding hydrogens is 372 g/mol. The van der Waals surface area contributed by atoms with Crippen molar-refractivity contribution in [1.29, 1.82) is 0 Å². The standard InChI is InChI=1S/C5H12BO11P3S/c6-5-1-3(7)4(21-5)2-15-19(11,12)17-20(13,14)16-18(8,9)10/h3-5,7,13-14H,1-2H2,(H2-,8,9,10,11,12)/p+1/t3-,4-,5-/m1/s1. The summed E-state index contributed by atoms with van der Waals surface area (Å²) in [4.78, 5) is 44.0. The largest absolute Gasteiger partial charge is 0.591 e. The highest BCUT2D eigenvalue weighted by molar-refractivity contribution is 8.01. The highest BCUT2D eigenvalue weighted by Crippen LogP contribution is 2.71. The van der Waals surface area contributed by atoms with Gasteiger partial charge in [-0.1, -0.05) is 0 Å². The van der Waals surface area contributed by atoms with E-state index < -0.39 is 41.8 Å². The number of aliphatic hydroxyl groups excluding tert-OH is 1. The summed E-state index contributed by atoms with van der Waals surface area (Å²) in [6.45, 7) is -0.511. The maximum Gasteiger partial charge on any atom is 0.591 e. The first-order chi connectivity index (χ1) is 9.30. The van der Waals surface area contributed by atoms with Crippen LogP contribution in [0.2, 0.25) is 0 Å². The normalized spacial score (nSPS) is 30.3. The average molecular weight is 385 g/mol. The molecule has 0 aromatic rings. The van der Waals surface area contributed by atoms with E-state index in [0.717, 1.165) is 11.8 Å². The molecule has 122 valence electrons. The van der Waals surface area contributed by atoms with Gasteiger partial charge in [-0.3, -0.25) is 4.52 Å². The maximum atomic E-state index is 11.4. The fraction of sp³-hybridized carbons (Fsp3) is 1.00. The Morgan fingerprint density at radius 2 is 1.81 bits per heavy atom. The predicted octanol–water partition coefficient (Wildman–Crippen LogP) is -0.748. The quantitative estimate of drug-likeness (QED) is 0.239. The lowest BCUT2D eigenvalue weighted by molar-refractivity contribution is 0.124. The lowest BCUT2D eigenvalue weighted by atomic mass is 9.98. The third-order valence-corrected chi connectivity index (χ3v) is 7.27. The number of thioether (sulfide) groups is 1. The molecule has 1 aliphatic rings. The Hall–Kier alpha value is 0.945. The lowest BCUT2D eigenvalue weighted by Gasteiger charge is -2.17. The fourth-order valence-electron chi connectivity index (χ4n) is 1.39. The summed E-state index contributed by atoms with van der Waals surface area (Å²) >= 11 is 1.09. The SMILES string of the molecule is [B][C@H]1C[C@@H](O)[C@@H](COP(=O)(O)O[P+](O)(O)OP(=O)(O)O)S1. The number of hydrogen-bond acceptors (Lipinski definition) is 9. The van der Waals surface area contributed by atoms with Gasteiger partial charge < -0.3 is 19.8 Å². The van der Waals surface area contributed by atoms with Crippen molar-refractivity contribution in [2.75, 3.05) is 6.61 Å². The van der Waals surface area contributed by atoms with Gasteiger partial charge in [0, 0.05) is 0 Å². The van der Waals surface area contributed by atoms with Crippen LogP contribution >= 0.6 is 35.6 Å². The number of hydrogen-bond donors (Lipinski definition) is 6. The molecule has 1 rings (SSSR count). The van der Waals surface area contributed by atoms with Crippen LogP contribution in [0.1, 0.15) is 6.42 Å². The van der Waals surface area contributed by atoms with Gasteiger partial charge in [0.15, 0.2) is 0 Å². The van der Waals surface area contributed by atoms with Gasteiger partial charge in [0.2, 0.25) is 0 Å². The monoisotopic (exact) mass is 385 g/mol. The number of phosphoric ester groups is 1. The van der Waals surface area contributed by atoms with Crippen LogP contribution in [0.3, 0.4) is 0 Å². The van der Waals surface area contributed by atoms with Crippen LogP contribution in [-0.2, 0) is 22.3 Å². The van der Waals surface area contributed by atoms with Crippen molar-refractivity contribution in [3.05, 3.63) is 0 Å². The van der Waals surface area contributed by atoms with E-state index in [9.17, 15) is 19.1 Å². The molecule has 0 saturated carbocycles. The number of phosphoric acid groups is 2. The summed E-state index contributed by atoms with van der Waals surface area (Å²) < 4.78 is 33.5. The molecular formula is C5H13BO11P3S+. The van der Waals surface area contributed by atoms with E-state index in [2.05, 4.69) is 13.1 Å². The van der Waals surface area contributed by atoms with Crippen LogP contribution in [0.5, 0.6) is 0 Å².